The lowest BCUT2D eigenvalue weighted by molar-refractivity contribution is 0.602. The van der Waals surface area contributed by atoms with Crippen LogP contribution >= 0.6 is 0 Å². The number of hydrogen-bond acceptors (Lipinski definition) is 4. The van der Waals surface area contributed by atoms with Gasteiger partial charge in [0.1, 0.15) is 0 Å². The molecule has 0 aliphatic rings. The minimum Gasteiger partial charge on any atom is -0.382 e. The summed E-state index contributed by atoms with van der Waals surface area (Å²) in [4.78, 5) is 0.297. The highest BCUT2D eigenvalue weighted by Crippen LogP contribution is 2.14. The average molecular weight is 238 g/mol. The van der Waals surface area contributed by atoms with Crippen molar-refractivity contribution in [2.24, 2.45) is 0 Å². The molecule has 0 radical (unpaired) electrons. The van der Waals surface area contributed by atoms with Gasteiger partial charge in [-0.05, 0) is 31.2 Å². The van der Waals surface area contributed by atoms with E-state index < -0.39 is 9.84 Å². The molecule has 1 unspecified atom stereocenters. The molecule has 1 atom stereocenters. The number of nitrogens with zero attached hydrogens (tertiary/aromatic N) is 1. The van der Waals surface area contributed by atoms with Gasteiger partial charge in [0.05, 0.1) is 17.4 Å². The molecule has 1 aromatic carbocycles. The highest BCUT2D eigenvalue weighted by Gasteiger charge is 2.06. The van der Waals surface area contributed by atoms with Crippen molar-refractivity contribution in [2.75, 3.05) is 11.6 Å². The van der Waals surface area contributed by atoms with E-state index in [1.165, 1.54) is 6.26 Å². The summed E-state index contributed by atoms with van der Waals surface area (Å²) in [5, 5.41) is 11.6. The van der Waals surface area contributed by atoms with Gasteiger partial charge in [-0.25, -0.2) is 8.42 Å². The Morgan fingerprint density at radius 2 is 1.94 bits per heavy atom. The number of benzene rings is 1. The van der Waals surface area contributed by atoms with Gasteiger partial charge in [0.25, 0.3) is 0 Å². The molecule has 1 N–H and O–H groups in total. The minimum absolute atomic E-state index is 0.0501. The molecule has 0 saturated heterocycles. The van der Waals surface area contributed by atoms with Crippen LogP contribution in [0, 0.1) is 11.3 Å². The molecule has 1 rings (SSSR count). The topological polar surface area (TPSA) is 70.0 Å². The average Bonchev–Trinajstić information content (AvgIpc) is 2.17. The first-order valence-corrected chi connectivity index (χ1v) is 6.76. The summed E-state index contributed by atoms with van der Waals surface area (Å²) in [5.41, 5.74) is 0.815. The van der Waals surface area contributed by atoms with E-state index in [9.17, 15) is 8.42 Å². The van der Waals surface area contributed by atoms with Crippen LogP contribution in [0.5, 0.6) is 0 Å². The van der Waals surface area contributed by atoms with Crippen molar-refractivity contribution in [1.29, 1.82) is 5.26 Å². The smallest absolute Gasteiger partial charge is 0.175 e. The maximum Gasteiger partial charge on any atom is 0.175 e. The molecule has 0 fully saturated rings. The number of rotatable bonds is 4. The van der Waals surface area contributed by atoms with Crippen molar-refractivity contribution in [3.63, 3.8) is 0 Å². The van der Waals surface area contributed by atoms with E-state index in [2.05, 4.69) is 11.4 Å². The normalized spacial score (nSPS) is 12.8. The Kier molecular flexibility index (Phi) is 3.91. The van der Waals surface area contributed by atoms with E-state index in [0.717, 1.165) is 5.69 Å². The van der Waals surface area contributed by atoms with Crippen molar-refractivity contribution < 1.29 is 8.42 Å². The Labute approximate surface area is 95.8 Å². The van der Waals surface area contributed by atoms with Gasteiger partial charge in [0.15, 0.2) is 9.84 Å². The zero-order valence-corrected chi connectivity index (χ0v) is 10.1. The molecule has 1 aromatic rings. The van der Waals surface area contributed by atoms with Crippen LogP contribution in [0.1, 0.15) is 13.3 Å². The molecule has 0 aromatic heterocycles. The van der Waals surface area contributed by atoms with Crippen molar-refractivity contribution in [2.45, 2.75) is 24.3 Å². The van der Waals surface area contributed by atoms with Gasteiger partial charge >= 0.3 is 0 Å². The summed E-state index contributed by atoms with van der Waals surface area (Å²) in [6.07, 6.45) is 1.58. The van der Waals surface area contributed by atoms with E-state index in [1.54, 1.807) is 24.3 Å². The second-order valence-corrected chi connectivity index (χ2v) is 5.72. The first-order valence-electron chi connectivity index (χ1n) is 4.87. The van der Waals surface area contributed by atoms with Crippen molar-refractivity contribution in [1.82, 2.24) is 0 Å². The third-order valence-corrected chi connectivity index (χ3v) is 3.22. The first-order chi connectivity index (χ1) is 7.43. The maximum atomic E-state index is 11.2. The standard InChI is InChI=1S/C11H14N2O2S/c1-9(7-8-12)13-10-3-5-11(6-4-10)16(2,14)15/h3-6,9,13H,7H2,1-2H3. The lowest BCUT2D eigenvalue weighted by Gasteiger charge is -2.11. The van der Waals surface area contributed by atoms with E-state index >= 15 is 0 Å². The first kappa shape index (κ1) is 12.5. The Balaban J connectivity index is 2.77. The van der Waals surface area contributed by atoms with E-state index in [4.69, 9.17) is 5.26 Å². The highest BCUT2D eigenvalue weighted by atomic mass is 32.2. The molecule has 16 heavy (non-hydrogen) atoms. The van der Waals surface area contributed by atoms with Gasteiger partial charge in [0, 0.05) is 18.0 Å². The molecule has 0 saturated carbocycles. The van der Waals surface area contributed by atoms with Crippen molar-refractivity contribution in [3.8, 4) is 6.07 Å². The predicted octanol–water partition coefficient (Wildman–Crippen LogP) is 1.80. The van der Waals surface area contributed by atoms with Crippen LogP contribution in [0.25, 0.3) is 0 Å². The second kappa shape index (κ2) is 4.99. The third kappa shape index (κ3) is 3.55. The lowest BCUT2D eigenvalue weighted by Crippen LogP contribution is -2.13. The number of nitriles is 1. The Bertz CT molecular complexity index is 486. The fraction of sp³-hybridized carbons (Fsp3) is 0.364. The van der Waals surface area contributed by atoms with Crippen LogP contribution in [-0.4, -0.2) is 20.7 Å². The third-order valence-electron chi connectivity index (χ3n) is 2.09. The van der Waals surface area contributed by atoms with Crippen LogP contribution in [-0.2, 0) is 9.84 Å². The van der Waals surface area contributed by atoms with E-state index in [1.807, 2.05) is 6.92 Å². The number of nitrogens with one attached hydrogen (secondary N) is 1. The molecule has 0 heterocycles. The molecule has 0 bridgehead atoms. The van der Waals surface area contributed by atoms with Crippen LogP contribution in [0.2, 0.25) is 0 Å². The summed E-state index contributed by atoms with van der Waals surface area (Å²) in [6, 6.07) is 8.62. The second-order valence-electron chi connectivity index (χ2n) is 3.70. The fourth-order valence-electron chi connectivity index (χ4n) is 1.27. The fourth-order valence-corrected chi connectivity index (χ4v) is 1.90. The van der Waals surface area contributed by atoms with Crippen molar-refractivity contribution >= 4 is 15.5 Å². The minimum atomic E-state index is -3.14. The quantitative estimate of drug-likeness (QED) is 0.868. The highest BCUT2D eigenvalue weighted by molar-refractivity contribution is 7.90. The molecular formula is C11H14N2O2S. The summed E-state index contributed by atoms with van der Waals surface area (Å²) >= 11 is 0. The molecule has 86 valence electrons. The molecule has 0 spiro atoms. The van der Waals surface area contributed by atoms with Gasteiger partial charge < -0.3 is 5.32 Å². The number of sulfone groups is 1. The molecule has 0 amide bonds. The summed E-state index contributed by atoms with van der Waals surface area (Å²) in [5.74, 6) is 0. The lowest BCUT2D eigenvalue weighted by atomic mass is 10.2. The zero-order chi connectivity index (χ0) is 12.2. The number of anilines is 1. The summed E-state index contributed by atoms with van der Waals surface area (Å²) in [7, 11) is -3.14. The van der Waals surface area contributed by atoms with Gasteiger partial charge in [0.2, 0.25) is 0 Å². The van der Waals surface area contributed by atoms with Crippen LogP contribution < -0.4 is 5.32 Å². The maximum absolute atomic E-state index is 11.2. The Hall–Kier alpha value is -1.54. The van der Waals surface area contributed by atoms with E-state index in [0.29, 0.717) is 11.3 Å². The molecular weight excluding hydrogens is 224 g/mol. The van der Waals surface area contributed by atoms with Crippen LogP contribution in [0.15, 0.2) is 29.2 Å². The van der Waals surface area contributed by atoms with Gasteiger partial charge in [-0.2, -0.15) is 5.26 Å². The number of hydrogen-bond donors (Lipinski definition) is 1. The summed E-state index contributed by atoms with van der Waals surface area (Å²) < 4.78 is 22.4. The van der Waals surface area contributed by atoms with Gasteiger partial charge in [-0.1, -0.05) is 0 Å². The predicted molar refractivity (Wildman–Crippen MR) is 62.9 cm³/mol. The monoisotopic (exact) mass is 238 g/mol. The van der Waals surface area contributed by atoms with Crippen LogP contribution in [0.3, 0.4) is 0 Å². The molecule has 4 nitrogen and oxygen atoms in total. The van der Waals surface area contributed by atoms with Crippen LogP contribution in [0.4, 0.5) is 5.69 Å². The SMILES string of the molecule is CC(CC#N)Nc1ccc(S(C)(=O)=O)cc1. The molecule has 0 aliphatic heterocycles. The molecule has 0 aliphatic carbocycles. The zero-order valence-electron chi connectivity index (χ0n) is 9.27. The van der Waals surface area contributed by atoms with Crippen molar-refractivity contribution in [3.05, 3.63) is 24.3 Å². The van der Waals surface area contributed by atoms with Gasteiger partial charge in [-0.15, -0.1) is 0 Å². The summed E-state index contributed by atoms with van der Waals surface area (Å²) in [6.45, 7) is 1.90. The Morgan fingerprint density at radius 1 is 1.38 bits per heavy atom. The van der Waals surface area contributed by atoms with Gasteiger partial charge in [-0.3, -0.25) is 0 Å². The van der Waals surface area contributed by atoms with E-state index in [-0.39, 0.29) is 6.04 Å². The Morgan fingerprint density at radius 3 is 2.38 bits per heavy atom. The molecule has 5 heteroatoms. The largest absolute Gasteiger partial charge is 0.382 e.